The molecule has 2 rings (SSSR count). The van der Waals surface area contributed by atoms with Crippen LogP contribution in [0.4, 0.5) is 5.69 Å². The number of hydrogen-bond acceptors (Lipinski definition) is 4. The topological polar surface area (TPSA) is 70.1 Å². The summed E-state index contributed by atoms with van der Waals surface area (Å²) in [4.78, 5) is 16.1. The standard InChI is InChI=1S/C15H19N3O2/c1-10(2)20-15(19)14-8-17-9-18(14)11(3)12-5-4-6-13(16)7-12/h4-11H,16H2,1-3H3/t11-/m1/s1. The monoisotopic (exact) mass is 273 g/mol. The number of esters is 1. The number of ether oxygens (including phenoxy) is 1. The van der Waals surface area contributed by atoms with Crippen LogP contribution in [0, 0.1) is 0 Å². The van der Waals surface area contributed by atoms with Crippen molar-refractivity contribution in [2.75, 3.05) is 5.73 Å². The van der Waals surface area contributed by atoms with Crippen LogP contribution in [0.25, 0.3) is 0 Å². The Hall–Kier alpha value is -2.30. The van der Waals surface area contributed by atoms with Gasteiger partial charge in [0.25, 0.3) is 0 Å². The molecule has 20 heavy (non-hydrogen) atoms. The van der Waals surface area contributed by atoms with E-state index in [-0.39, 0.29) is 18.1 Å². The van der Waals surface area contributed by atoms with E-state index in [0.717, 1.165) is 5.56 Å². The molecule has 0 aliphatic carbocycles. The van der Waals surface area contributed by atoms with Gasteiger partial charge in [-0.25, -0.2) is 9.78 Å². The summed E-state index contributed by atoms with van der Waals surface area (Å²) >= 11 is 0. The Balaban J connectivity index is 2.30. The van der Waals surface area contributed by atoms with Gasteiger partial charge < -0.3 is 15.0 Å². The summed E-state index contributed by atoms with van der Waals surface area (Å²) in [7, 11) is 0. The molecular weight excluding hydrogens is 254 g/mol. The van der Waals surface area contributed by atoms with Gasteiger partial charge >= 0.3 is 5.97 Å². The minimum atomic E-state index is -0.367. The number of anilines is 1. The van der Waals surface area contributed by atoms with E-state index < -0.39 is 0 Å². The second-order valence-corrected chi connectivity index (χ2v) is 4.99. The number of rotatable bonds is 4. The number of hydrogen-bond donors (Lipinski definition) is 1. The van der Waals surface area contributed by atoms with Crippen molar-refractivity contribution < 1.29 is 9.53 Å². The molecule has 5 nitrogen and oxygen atoms in total. The van der Waals surface area contributed by atoms with Gasteiger partial charge in [-0.15, -0.1) is 0 Å². The number of benzene rings is 1. The molecule has 1 aromatic heterocycles. The molecule has 0 radical (unpaired) electrons. The minimum Gasteiger partial charge on any atom is -0.458 e. The van der Waals surface area contributed by atoms with Crippen LogP contribution in [0.5, 0.6) is 0 Å². The third kappa shape index (κ3) is 2.99. The molecule has 2 N–H and O–H groups in total. The van der Waals surface area contributed by atoms with Crippen molar-refractivity contribution in [2.24, 2.45) is 0 Å². The van der Waals surface area contributed by atoms with E-state index in [4.69, 9.17) is 10.5 Å². The number of carbonyl (C=O) groups excluding carboxylic acids is 1. The summed E-state index contributed by atoms with van der Waals surface area (Å²) in [5.74, 6) is -0.367. The van der Waals surface area contributed by atoms with Crippen molar-refractivity contribution in [2.45, 2.75) is 32.9 Å². The van der Waals surface area contributed by atoms with Crippen LogP contribution >= 0.6 is 0 Å². The van der Waals surface area contributed by atoms with Gasteiger partial charge in [-0.1, -0.05) is 12.1 Å². The van der Waals surface area contributed by atoms with Gasteiger partial charge in [-0.05, 0) is 38.5 Å². The first-order valence-electron chi connectivity index (χ1n) is 6.57. The van der Waals surface area contributed by atoms with Crippen LogP contribution in [-0.2, 0) is 4.74 Å². The average molecular weight is 273 g/mol. The van der Waals surface area contributed by atoms with Crippen LogP contribution in [-0.4, -0.2) is 21.6 Å². The van der Waals surface area contributed by atoms with Gasteiger partial charge in [-0.3, -0.25) is 0 Å². The van der Waals surface area contributed by atoms with Gasteiger partial charge in [0.05, 0.1) is 24.7 Å². The fourth-order valence-electron chi connectivity index (χ4n) is 2.03. The van der Waals surface area contributed by atoms with E-state index in [1.54, 1.807) is 10.9 Å². The molecule has 0 fully saturated rings. The summed E-state index contributed by atoms with van der Waals surface area (Å²) in [6.07, 6.45) is 2.99. The Kier molecular flexibility index (Phi) is 4.08. The van der Waals surface area contributed by atoms with Crippen LogP contribution < -0.4 is 5.73 Å². The third-order valence-corrected chi connectivity index (χ3v) is 3.03. The van der Waals surface area contributed by atoms with Crippen LogP contribution in [0.15, 0.2) is 36.8 Å². The molecule has 0 spiro atoms. The van der Waals surface area contributed by atoms with Gasteiger partial charge in [-0.2, -0.15) is 0 Å². The molecule has 2 aromatic rings. The molecule has 1 aromatic carbocycles. The average Bonchev–Trinajstić information content (AvgIpc) is 2.86. The molecule has 0 bridgehead atoms. The minimum absolute atomic E-state index is 0.0456. The highest BCUT2D eigenvalue weighted by molar-refractivity contribution is 5.87. The fraction of sp³-hybridized carbons (Fsp3) is 0.333. The molecule has 1 atom stereocenters. The molecule has 0 aliphatic heterocycles. The Bertz CT molecular complexity index is 605. The summed E-state index contributed by atoms with van der Waals surface area (Å²) in [5, 5.41) is 0. The van der Waals surface area contributed by atoms with Crippen molar-refractivity contribution in [3.63, 3.8) is 0 Å². The van der Waals surface area contributed by atoms with Crippen LogP contribution in [0.3, 0.4) is 0 Å². The smallest absolute Gasteiger partial charge is 0.356 e. The SMILES string of the molecule is CC(C)OC(=O)c1cncn1[C@H](C)c1cccc(N)c1. The Morgan fingerprint density at radius 1 is 1.35 bits per heavy atom. The highest BCUT2D eigenvalue weighted by atomic mass is 16.5. The Labute approximate surface area is 118 Å². The summed E-state index contributed by atoms with van der Waals surface area (Å²) in [5.41, 5.74) is 7.95. The Morgan fingerprint density at radius 3 is 2.75 bits per heavy atom. The molecule has 0 amide bonds. The van der Waals surface area contributed by atoms with Crippen molar-refractivity contribution in [1.29, 1.82) is 0 Å². The zero-order valence-corrected chi connectivity index (χ0v) is 11.9. The highest BCUT2D eigenvalue weighted by Crippen LogP contribution is 2.22. The predicted molar refractivity (Wildman–Crippen MR) is 77.4 cm³/mol. The van der Waals surface area contributed by atoms with Crippen molar-refractivity contribution >= 4 is 11.7 Å². The number of nitrogen functional groups attached to an aromatic ring is 1. The van der Waals surface area contributed by atoms with Crippen molar-refractivity contribution in [3.8, 4) is 0 Å². The number of nitrogens with zero attached hydrogens (tertiary/aromatic N) is 2. The quantitative estimate of drug-likeness (QED) is 0.686. The first-order chi connectivity index (χ1) is 9.49. The van der Waals surface area contributed by atoms with Crippen molar-refractivity contribution in [3.05, 3.63) is 48.0 Å². The first-order valence-corrected chi connectivity index (χ1v) is 6.57. The fourth-order valence-corrected chi connectivity index (χ4v) is 2.03. The first kappa shape index (κ1) is 14.1. The van der Waals surface area contributed by atoms with Crippen molar-refractivity contribution in [1.82, 2.24) is 9.55 Å². The normalized spacial score (nSPS) is 12.4. The molecule has 0 saturated heterocycles. The molecule has 5 heteroatoms. The third-order valence-electron chi connectivity index (χ3n) is 3.03. The number of nitrogens with two attached hydrogens (primary N) is 1. The zero-order chi connectivity index (χ0) is 14.7. The molecule has 0 unspecified atom stereocenters. The largest absolute Gasteiger partial charge is 0.458 e. The second-order valence-electron chi connectivity index (χ2n) is 4.99. The maximum Gasteiger partial charge on any atom is 0.356 e. The lowest BCUT2D eigenvalue weighted by Gasteiger charge is -2.17. The van der Waals surface area contributed by atoms with Gasteiger partial charge in [0.2, 0.25) is 0 Å². The van der Waals surface area contributed by atoms with E-state index in [0.29, 0.717) is 11.4 Å². The van der Waals surface area contributed by atoms with E-state index >= 15 is 0 Å². The molecular formula is C15H19N3O2. The van der Waals surface area contributed by atoms with Crippen LogP contribution in [0.2, 0.25) is 0 Å². The maximum absolute atomic E-state index is 12.0. The second kappa shape index (κ2) is 5.77. The summed E-state index contributed by atoms with van der Waals surface area (Å²) < 4.78 is 7.01. The maximum atomic E-state index is 12.0. The molecule has 1 heterocycles. The highest BCUT2D eigenvalue weighted by Gasteiger charge is 2.19. The van der Waals surface area contributed by atoms with Gasteiger partial charge in [0.15, 0.2) is 0 Å². The van der Waals surface area contributed by atoms with E-state index in [1.807, 2.05) is 45.0 Å². The predicted octanol–water partition coefficient (Wildman–Crippen LogP) is 2.64. The van der Waals surface area contributed by atoms with Crippen LogP contribution in [0.1, 0.15) is 42.9 Å². The van der Waals surface area contributed by atoms with E-state index in [1.165, 1.54) is 6.20 Å². The van der Waals surface area contributed by atoms with E-state index in [9.17, 15) is 4.79 Å². The Morgan fingerprint density at radius 2 is 2.10 bits per heavy atom. The molecule has 106 valence electrons. The number of imidazole rings is 1. The van der Waals surface area contributed by atoms with Gasteiger partial charge in [0, 0.05) is 5.69 Å². The summed E-state index contributed by atoms with van der Waals surface area (Å²) in [6.45, 7) is 5.63. The lowest BCUT2D eigenvalue weighted by Crippen LogP contribution is -2.18. The summed E-state index contributed by atoms with van der Waals surface area (Å²) in [6, 6.07) is 7.54. The number of carbonyl (C=O) groups is 1. The lowest BCUT2D eigenvalue weighted by molar-refractivity contribution is 0.0364. The number of aromatic nitrogens is 2. The zero-order valence-electron chi connectivity index (χ0n) is 11.9. The molecule has 0 aliphatic rings. The molecule has 0 saturated carbocycles. The lowest BCUT2D eigenvalue weighted by atomic mass is 10.1. The van der Waals surface area contributed by atoms with E-state index in [2.05, 4.69) is 4.98 Å². The van der Waals surface area contributed by atoms with Gasteiger partial charge in [0.1, 0.15) is 5.69 Å².